The SMILES string of the molecule is C.CC(C)[C@@H]1CCCN(C#N)C1.CC(C)[C@H]1CCCN(C)C1. The molecule has 3 heteroatoms. The second-order valence-corrected chi connectivity index (χ2v) is 7.60. The minimum Gasteiger partial charge on any atom is -0.310 e. The molecule has 2 fully saturated rings. The Kier molecular flexibility index (Phi) is 10.5. The average molecular weight is 310 g/mol. The van der Waals surface area contributed by atoms with Gasteiger partial charge in [0.15, 0.2) is 6.19 Å². The van der Waals surface area contributed by atoms with Crippen molar-refractivity contribution in [2.24, 2.45) is 23.7 Å². The van der Waals surface area contributed by atoms with Crippen molar-refractivity contribution in [2.75, 3.05) is 33.2 Å². The van der Waals surface area contributed by atoms with E-state index in [1.54, 1.807) is 0 Å². The van der Waals surface area contributed by atoms with Gasteiger partial charge in [0.1, 0.15) is 0 Å². The first kappa shape index (κ1) is 21.2. The number of nitriles is 1. The summed E-state index contributed by atoms with van der Waals surface area (Å²) < 4.78 is 0. The largest absolute Gasteiger partial charge is 0.310 e. The molecule has 0 saturated carbocycles. The van der Waals surface area contributed by atoms with Crippen molar-refractivity contribution in [1.29, 1.82) is 5.26 Å². The maximum Gasteiger partial charge on any atom is 0.179 e. The minimum absolute atomic E-state index is 0. The molecule has 0 unspecified atom stereocenters. The van der Waals surface area contributed by atoms with Gasteiger partial charge in [-0.3, -0.25) is 0 Å². The summed E-state index contributed by atoms with van der Waals surface area (Å²) in [6.45, 7) is 13.7. The van der Waals surface area contributed by atoms with Crippen LogP contribution in [0.4, 0.5) is 0 Å². The van der Waals surface area contributed by atoms with Crippen molar-refractivity contribution >= 4 is 0 Å². The highest BCUT2D eigenvalue weighted by Gasteiger charge is 2.21. The number of likely N-dealkylation sites (tertiary alicyclic amines) is 2. The first-order valence-corrected chi connectivity index (χ1v) is 8.77. The van der Waals surface area contributed by atoms with Crippen molar-refractivity contribution in [1.82, 2.24) is 9.80 Å². The quantitative estimate of drug-likeness (QED) is 0.706. The molecule has 3 nitrogen and oxygen atoms in total. The Hall–Kier alpha value is -0.750. The molecule has 2 heterocycles. The molecule has 2 rings (SSSR count). The van der Waals surface area contributed by atoms with E-state index in [-0.39, 0.29) is 7.43 Å². The Morgan fingerprint density at radius 2 is 1.41 bits per heavy atom. The van der Waals surface area contributed by atoms with Crippen LogP contribution >= 0.6 is 0 Å². The first-order valence-electron chi connectivity index (χ1n) is 8.77. The molecule has 0 N–H and O–H groups in total. The van der Waals surface area contributed by atoms with Crippen molar-refractivity contribution in [2.45, 2.75) is 60.8 Å². The summed E-state index contributed by atoms with van der Waals surface area (Å²) in [4.78, 5) is 4.34. The van der Waals surface area contributed by atoms with Gasteiger partial charge < -0.3 is 9.80 Å². The van der Waals surface area contributed by atoms with Crippen LogP contribution in [0.2, 0.25) is 0 Å². The lowest BCUT2D eigenvalue weighted by Crippen LogP contribution is -2.34. The summed E-state index contributed by atoms with van der Waals surface area (Å²) in [5.74, 6) is 3.30. The molecular weight excluding hydrogens is 270 g/mol. The number of piperidine rings is 2. The van der Waals surface area contributed by atoms with Crippen molar-refractivity contribution in [3.63, 3.8) is 0 Å². The van der Waals surface area contributed by atoms with Gasteiger partial charge in [-0.1, -0.05) is 35.1 Å². The smallest absolute Gasteiger partial charge is 0.179 e. The van der Waals surface area contributed by atoms with Crippen LogP contribution in [0.3, 0.4) is 0 Å². The van der Waals surface area contributed by atoms with Gasteiger partial charge >= 0.3 is 0 Å². The van der Waals surface area contributed by atoms with E-state index < -0.39 is 0 Å². The van der Waals surface area contributed by atoms with Crippen molar-refractivity contribution < 1.29 is 0 Å². The minimum atomic E-state index is 0. The lowest BCUT2D eigenvalue weighted by atomic mass is 9.88. The second kappa shape index (κ2) is 10.9. The summed E-state index contributed by atoms with van der Waals surface area (Å²) >= 11 is 0. The molecule has 0 aromatic rings. The number of rotatable bonds is 2. The van der Waals surface area contributed by atoms with E-state index in [1.807, 2.05) is 4.90 Å². The monoisotopic (exact) mass is 309 g/mol. The molecule has 2 aliphatic heterocycles. The van der Waals surface area contributed by atoms with Crippen LogP contribution < -0.4 is 0 Å². The van der Waals surface area contributed by atoms with Crippen molar-refractivity contribution in [3.8, 4) is 6.19 Å². The van der Waals surface area contributed by atoms with Gasteiger partial charge in [0.2, 0.25) is 0 Å². The van der Waals surface area contributed by atoms with E-state index in [9.17, 15) is 0 Å². The molecular formula is C19H39N3. The lowest BCUT2D eigenvalue weighted by Gasteiger charge is -2.31. The molecule has 0 spiro atoms. The fourth-order valence-corrected chi connectivity index (χ4v) is 3.40. The van der Waals surface area contributed by atoms with Gasteiger partial charge in [-0.25, -0.2) is 0 Å². The zero-order valence-corrected chi connectivity index (χ0v) is 14.8. The summed E-state index contributed by atoms with van der Waals surface area (Å²) in [5.41, 5.74) is 0. The number of hydrogen-bond acceptors (Lipinski definition) is 3. The molecule has 0 amide bonds. The number of hydrogen-bond donors (Lipinski definition) is 0. The third kappa shape index (κ3) is 7.49. The van der Waals surface area contributed by atoms with Gasteiger partial charge in [0.25, 0.3) is 0 Å². The topological polar surface area (TPSA) is 30.3 Å². The Morgan fingerprint density at radius 3 is 1.82 bits per heavy atom. The Morgan fingerprint density at radius 1 is 0.909 bits per heavy atom. The van der Waals surface area contributed by atoms with Crippen LogP contribution in [0.5, 0.6) is 0 Å². The van der Waals surface area contributed by atoms with E-state index in [1.165, 1.54) is 38.8 Å². The van der Waals surface area contributed by atoms with Gasteiger partial charge in [0.05, 0.1) is 0 Å². The molecule has 2 atom stereocenters. The first-order chi connectivity index (χ1) is 9.93. The molecule has 130 valence electrons. The van der Waals surface area contributed by atoms with Crippen LogP contribution in [0, 0.1) is 35.1 Å². The fraction of sp³-hybridized carbons (Fsp3) is 0.947. The molecule has 0 aromatic carbocycles. The van der Waals surface area contributed by atoms with Gasteiger partial charge in [-0.2, -0.15) is 5.26 Å². The summed E-state index contributed by atoms with van der Waals surface area (Å²) in [5, 5.41) is 8.67. The highest BCUT2D eigenvalue weighted by molar-refractivity contribution is 4.82. The third-order valence-electron chi connectivity index (χ3n) is 5.15. The van der Waals surface area contributed by atoms with Crippen molar-refractivity contribution in [3.05, 3.63) is 0 Å². The van der Waals surface area contributed by atoms with Crippen LogP contribution in [0.15, 0.2) is 0 Å². The van der Waals surface area contributed by atoms with Gasteiger partial charge in [0, 0.05) is 19.6 Å². The Labute approximate surface area is 139 Å². The average Bonchev–Trinajstić information content (AvgIpc) is 2.48. The number of nitrogens with zero attached hydrogens (tertiary/aromatic N) is 3. The second-order valence-electron chi connectivity index (χ2n) is 7.60. The zero-order valence-electron chi connectivity index (χ0n) is 14.8. The van der Waals surface area contributed by atoms with E-state index in [0.29, 0.717) is 0 Å². The maximum absolute atomic E-state index is 8.67. The third-order valence-corrected chi connectivity index (χ3v) is 5.15. The normalized spacial score (nSPS) is 26.0. The standard InChI is InChI=1S/C9H16N2.C9H19N.CH4/c1-8(2)9-4-3-5-11(6-9)7-10;1-8(2)9-5-4-6-10(3)7-9;/h8-9H,3-6H2,1-2H3;8-9H,4-7H2,1-3H3;1H4/t2*9-;/m10./s1. The molecule has 2 aliphatic rings. The van der Waals surface area contributed by atoms with Crippen LogP contribution in [0.25, 0.3) is 0 Å². The van der Waals surface area contributed by atoms with E-state index >= 15 is 0 Å². The van der Waals surface area contributed by atoms with Crippen LogP contribution in [-0.2, 0) is 0 Å². The van der Waals surface area contributed by atoms with E-state index in [0.717, 1.165) is 36.8 Å². The molecule has 0 aliphatic carbocycles. The predicted molar refractivity (Wildman–Crippen MR) is 96.5 cm³/mol. The summed E-state index contributed by atoms with van der Waals surface area (Å²) in [6, 6.07) is 0. The maximum atomic E-state index is 8.67. The Bertz CT molecular complexity index is 319. The molecule has 2 saturated heterocycles. The molecule has 0 radical (unpaired) electrons. The predicted octanol–water partition coefficient (Wildman–Crippen LogP) is 4.46. The molecule has 0 bridgehead atoms. The zero-order chi connectivity index (χ0) is 15.8. The highest BCUT2D eigenvalue weighted by Crippen LogP contribution is 2.23. The lowest BCUT2D eigenvalue weighted by molar-refractivity contribution is 0.173. The molecule has 0 aromatic heterocycles. The highest BCUT2D eigenvalue weighted by atomic mass is 15.1. The summed E-state index contributed by atoms with van der Waals surface area (Å²) in [7, 11) is 2.23. The van der Waals surface area contributed by atoms with E-state index in [4.69, 9.17) is 5.26 Å². The van der Waals surface area contributed by atoms with Crippen LogP contribution in [-0.4, -0.2) is 43.0 Å². The van der Waals surface area contributed by atoms with Crippen LogP contribution in [0.1, 0.15) is 60.8 Å². The Balaban J connectivity index is 0.000000385. The summed E-state index contributed by atoms with van der Waals surface area (Å²) in [6.07, 6.45) is 7.56. The van der Waals surface area contributed by atoms with Gasteiger partial charge in [-0.05, 0) is 62.9 Å². The molecule has 22 heavy (non-hydrogen) atoms. The van der Waals surface area contributed by atoms with E-state index in [2.05, 4.69) is 45.8 Å². The van der Waals surface area contributed by atoms with Gasteiger partial charge in [-0.15, -0.1) is 0 Å². The fourth-order valence-electron chi connectivity index (χ4n) is 3.40.